The summed E-state index contributed by atoms with van der Waals surface area (Å²) in [4.78, 5) is 112. The number of aromatic nitrogens is 18. The predicted octanol–water partition coefficient (Wildman–Crippen LogP) is -3.55. The predicted molar refractivity (Wildman–Crippen MR) is 402 cm³/mol. The largest absolute Gasteiger partial charge is 1.00 e. The summed E-state index contributed by atoms with van der Waals surface area (Å²) in [6.07, 6.45) is 16.2. The van der Waals surface area contributed by atoms with Gasteiger partial charge in [-0.1, -0.05) is 51.3 Å². The van der Waals surface area contributed by atoms with Crippen LogP contribution in [0.15, 0.2) is 179 Å². The van der Waals surface area contributed by atoms with Gasteiger partial charge in [-0.25, -0.2) is 18.8 Å². The molecule has 38 nitrogen and oxygen atoms in total. The van der Waals surface area contributed by atoms with E-state index in [2.05, 4.69) is 67.2 Å². The summed E-state index contributed by atoms with van der Waals surface area (Å²) in [6, 6.07) is 29.5. The van der Waals surface area contributed by atoms with Crippen molar-refractivity contribution >= 4 is 52.6 Å². The third-order valence-electron chi connectivity index (χ3n) is 16.2. The molecule has 1 fully saturated rings. The summed E-state index contributed by atoms with van der Waals surface area (Å²) < 4.78 is 22.6. The van der Waals surface area contributed by atoms with Crippen molar-refractivity contribution in [2.75, 3.05) is 49.3 Å². The molecule has 11 heterocycles. The first-order valence-electron chi connectivity index (χ1n) is 33.5. The van der Waals surface area contributed by atoms with Crippen LogP contribution in [-0.4, -0.2) is 174 Å². The average Bonchev–Trinajstić information content (AvgIpc) is 1.79. The summed E-state index contributed by atoms with van der Waals surface area (Å²) in [7, 11) is 6.07. The monoisotopic (exact) mass is 1530 g/mol. The Bertz CT molecular complexity index is 5470. The van der Waals surface area contributed by atoms with Crippen LogP contribution in [0.5, 0.6) is 0 Å². The maximum absolute atomic E-state index is 12.9. The number of ether oxygens (including phenoxy) is 2. The number of rotatable bonds is 16. The number of carboxylic acid groups (broad SMARTS) is 1. The van der Waals surface area contributed by atoms with Gasteiger partial charge in [0, 0.05) is 143 Å². The van der Waals surface area contributed by atoms with Gasteiger partial charge in [-0.15, -0.1) is 0 Å². The molecule has 0 spiro atoms. The number of carbonyl (C=O) groups is 6. The molecule has 4 amide bonds. The molecule has 6 bridgehead atoms. The Morgan fingerprint density at radius 3 is 1.64 bits per heavy atom. The van der Waals surface area contributed by atoms with Crippen LogP contribution in [0.2, 0.25) is 0 Å². The number of aryl methyl sites for hydroxylation is 3. The average molecular weight is 1530 g/mol. The Morgan fingerprint density at radius 2 is 1.12 bits per heavy atom. The van der Waals surface area contributed by atoms with Gasteiger partial charge in [0.1, 0.15) is 5.69 Å². The number of carboxylic acids is 1. The molecule has 0 radical (unpaired) electrons. The fourth-order valence-corrected chi connectivity index (χ4v) is 11.0. The normalized spacial score (nSPS) is 12.5. The minimum Gasteiger partial charge on any atom is -0.870 e. The van der Waals surface area contributed by atoms with Gasteiger partial charge in [-0.2, -0.15) is 45.9 Å². The number of benzene rings is 3. The van der Waals surface area contributed by atoms with Gasteiger partial charge in [0.05, 0.1) is 105 Å². The number of anilines is 3. The van der Waals surface area contributed by atoms with Gasteiger partial charge in [0.25, 0.3) is 40.3 Å². The number of esters is 1. The molecule has 1 saturated heterocycles. The van der Waals surface area contributed by atoms with E-state index in [-0.39, 0.29) is 128 Å². The van der Waals surface area contributed by atoms with Crippen LogP contribution in [0.4, 0.5) is 17.1 Å². The third kappa shape index (κ3) is 23.5. The maximum atomic E-state index is 12.9. The summed E-state index contributed by atoms with van der Waals surface area (Å²) in [5.41, 5.74) is 17.7. The standard InChI is InChI=1S/C23H24N8O4.C22H22N8O4.C22H20N8O3.C4H8O2.2CH4.2Li.H2O/c1-29-14-19(21(28-29)23(34)35-2)26-22(33)16-5-3-4-15(10-16)12-31-20(32)7-6-18(27-31)17-11-25-30(13-17)9-8-24;1-28-13-18(20(27-28)22(33)34)25-21(32)15-4-2-3-14(9-15)11-30-19(31)6-5-17(26-30)16-10-24-29(12-16)8-7-23;1-28-13-18-20(27-28)22(33)23-7-8-29-12-16(10-24-29)17-5-6-19(31)30(26-17)11-14-3-2-4-15(9-14)21(32)25-18;5-4-2-1-3-6-4;;;;;/h3-7,10-11,13-14H,8-9,12,24H2,1-2H3,(H,26,33);2-6,9-10,12-13H,7-8,11,23H2,1H3,(H,25,32)(H,33,34);2-6,9-10,12-13H,7-8,11H2,1H3,(H,23,33)(H,25,32);4-5H,1-3H2;2*1H4;;;1H2/q;;;;;;2*+1;/p-2. The van der Waals surface area contributed by atoms with Gasteiger partial charge in [-0.3, -0.25) is 61.7 Å². The Morgan fingerprint density at radius 1 is 0.602 bits per heavy atom. The molecule has 1 atom stereocenters. The van der Waals surface area contributed by atoms with Gasteiger partial charge in [0.15, 0.2) is 17.7 Å². The van der Waals surface area contributed by atoms with Crippen LogP contribution in [0, 0.1) is 0 Å². The molecule has 9 aromatic heterocycles. The van der Waals surface area contributed by atoms with E-state index < -0.39 is 41.9 Å². The quantitative estimate of drug-likeness (QED) is 0.0364. The number of hydrogen-bond acceptors (Lipinski definition) is 25. The number of amides is 4. The van der Waals surface area contributed by atoms with E-state index in [9.17, 15) is 48.3 Å². The Hall–Kier alpha value is -12.6. The van der Waals surface area contributed by atoms with Gasteiger partial charge >= 0.3 is 43.7 Å². The molecule has 2 aliphatic heterocycles. The molecule has 40 heteroatoms. The topological polar surface area (TPSA) is 506 Å². The van der Waals surface area contributed by atoms with E-state index in [1.807, 2.05) is 12.3 Å². The van der Waals surface area contributed by atoms with Gasteiger partial charge in [0.2, 0.25) is 0 Å². The minimum atomic E-state index is -1.50. The summed E-state index contributed by atoms with van der Waals surface area (Å²) in [6.45, 7) is 4.00. The molecule has 0 saturated carbocycles. The Labute approximate surface area is 669 Å². The van der Waals surface area contributed by atoms with Crippen LogP contribution in [0.3, 0.4) is 0 Å². The molecule has 14 rings (SSSR count). The number of methoxy groups -OCH3 is 1. The van der Waals surface area contributed by atoms with E-state index in [1.54, 1.807) is 150 Å². The van der Waals surface area contributed by atoms with E-state index in [4.69, 9.17) is 26.0 Å². The first-order chi connectivity index (χ1) is 52.1. The van der Waals surface area contributed by atoms with Crippen molar-refractivity contribution < 1.29 is 91.7 Å². The Balaban J connectivity index is 0.000000248. The van der Waals surface area contributed by atoms with Gasteiger partial charge in [-0.05, 0) is 77.7 Å². The zero-order valence-electron chi connectivity index (χ0n) is 61.1. The molecule has 12 aromatic rings. The number of carbonyl (C=O) groups excluding carboxylic acids is 6. The van der Waals surface area contributed by atoms with Crippen molar-refractivity contribution in [3.8, 4) is 33.8 Å². The SMILES string of the molecule is C.C.COC(=O)c1nn(C)cc1NC(=O)c1cccc(Cn2nc(-c3cnn(CCN)c3)ccc2=O)c1.Cn1cc(NC(=O)c2cccc(Cn3nc(-c4cnn(CCN)c4)ccc3=O)c2)c(C(=O)[O-])n1.Cn1cc2c(n1)C(=O)NCCn1cc(cn1)-c1ccc(=O)n(n1)Cc1cccc(c1)C(=O)N2.OC1CCCO1.[Li+].[Li+].[OH-]. The van der Waals surface area contributed by atoms with E-state index in [0.29, 0.717) is 84.3 Å². The van der Waals surface area contributed by atoms with Crippen molar-refractivity contribution in [3.63, 3.8) is 0 Å². The number of aromatic carboxylic acids is 1. The molecular weight excluding hydrogens is 1450 g/mol. The number of nitrogens with zero attached hydrogens (tertiary/aromatic N) is 18. The van der Waals surface area contributed by atoms with Crippen molar-refractivity contribution in [2.45, 2.75) is 73.3 Å². The molecule has 580 valence electrons. The zero-order valence-corrected chi connectivity index (χ0v) is 61.1. The smallest absolute Gasteiger partial charge is 0.870 e. The van der Waals surface area contributed by atoms with Crippen molar-refractivity contribution in [1.82, 2.24) is 93.3 Å². The molecule has 1 unspecified atom stereocenters. The fraction of sp³-hybridized carbons (Fsp3) is 0.260. The Kier molecular flexibility index (Phi) is 32.7. The maximum Gasteiger partial charge on any atom is 1.00 e. The van der Waals surface area contributed by atoms with Crippen LogP contribution in [0.25, 0.3) is 33.8 Å². The van der Waals surface area contributed by atoms with Crippen LogP contribution in [0.1, 0.15) is 107 Å². The van der Waals surface area contributed by atoms with Crippen LogP contribution >= 0.6 is 0 Å². The first-order valence-corrected chi connectivity index (χ1v) is 33.5. The molecule has 3 aromatic carbocycles. The zero-order chi connectivity index (χ0) is 76.5. The number of nitrogens with two attached hydrogens (primary N) is 2. The first kappa shape index (κ1) is 89.3. The number of aliphatic hydroxyl groups is 1. The molecule has 10 N–H and O–H groups in total. The second-order valence-electron chi connectivity index (χ2n) is 24.4. The number of fused-ring (bicyclic) bond motifs is 8. The molecular formula is C73H82Li2N24O14. The molecule has 113 heavy (non-hydrogen) atoms. The summed E-state index contributed by atoms with van der Waals surface area (Å²) in [5.74, 6) is -3.92. The number of nitrogens with one attached hydrogen (secondary N) is 4. The van der Waals surface area contributed by atoms with Crippen LogP contribution in [-0.2, 0) is 69.9 Å². The van der Waals surface area contributed by atoms with Crippen molar-refractivity contribution in [1.29, 1.82) is 0 Å². The van der Waals surface area contributed by atoms with E-state index in [1.165, 1.54) is 72.8 Å². The second-order valence-corrected chi connectivity index (χ2v) is 24.4. The van der Waals surface area contributed by atoms with E-state index >= 15 is 0 Å². The third-order valence-corrected chi connectivity index (χ3v) is 16.2. The molecule has 0 aliphatic carbocycles. The summed E-state index contributed by atoms with van der Waals surface area (Å²) in [5, 5.41) is 68.6. The van der Waals surface area contributed by atoms with Crippen molar-refractivity contribution in [2.24, 2.45) is 32.6 Å². The number of aliphatic hydroxyl groups excluding tert-OH is 1. The minimum absolute atomic E-state index is 0. The van der Waals surface area contributed by atoms with Crippen molar-refractivity contribution in [3.05, 3.63) is 246 Å². The molecule has 2 aliphatic rings. The fourth-order valence-electron chi connectivity index (χ4n) is 11.0. The second kappa shape index (κ2) is 41.4. The summed E-state index contributed by atoms with van der Waals surface area (Å²) >= 11 is 0. The van der Waals surface area contributed by atoms with E-state index in [0.717, 1.165) is 41.7 Å². The number of hydrogen-bond donors (Lipinski definition) is 7. The van der Waals surface area contributed by atoms with Crippen LogP contribution < -0.4 is 92.2 Å². The van der Waals surface area contributed by atoms with Gasteiger partial charge < -0.3 is 62.7 Å².